The highest BCUT2D eigenvalue weighted by Crippen LogP contribution is 2.35. The number of benzene rings is 2. The number of hydrogen-bond acceptors (Lipinski definition) is 4. The van der Waals surface area contributed by atoms with Gasteiger partial charge in [-0.15, -0.1) is 0 Å². The lowest BCUT2D eigenvalue weighted by atomic mass is 9.90. The SMILES string of the molecule is O=C1OCC2=C1C(c1ccc(Cl)cc1)NC(=O)N2CC(=O)N1CCC(Cc2ccccc2)CC1. The molecule has 0 aliphatic carbocycles. The molecule has 0 radical (unpaired) electrons. The maximum absolute atomic E-state index is 13.1. The van der Waals surface area contributed by atoms with Crippen molar-refractivity contribution in [3.05, 3.63) is 82.0 Å². The Labute approximate surface area is 203 Å². The summed E-state index contributed by atoms with van der Waals surface area (Å²) in [5, 5.41) is 3.42. The van der Waals surface area contributed by atoms with Crippen LogP contribution in [0.25, 0.3) is 0 Å². The molecule has 3 amide bonds. The second-order valence-electron chi connectivity index (χ2n) is 8.97. The Bertz CT molecular complexity index is 1120. The van der Waals surface area contributed by atoms with E-state index in [1.165, 1.54) is 10.5 Å². The number of halogens is 1. The van der Waals surface area contributed by atoms with Gasteiger partial charge >= 0.3 is 12.0 Å². The van der Waals surface area contributed by atoms with Gasteiger partial charge in [0.25, 0.3) is 0 Å². The molecule has 3 aliphatic rings. The molecule has 3 heterocycles. The smallest absolute Gasteiger partial charge is 0.338 e. The molecule has 1 fully saturated rings. The Morgan fingerprint density at radius 1 is 1.03 bits per heavy atom. The predicted octanol–water partition coefficient (Wildman–Crippen LogP) is 3.70. The van der Waals surface area contributed by atoms with Crippen molar-refractivity contribution in [3.8, 4) is 0 Å². The van der Waals surface area contributed by atoms with Crippen LogP contribution in [0.3, 0.4) is 0 Å². The van der Waals surface area contributed by atoms with Crippen molar-refractivity contribution < 1.29 is 19.1 Å². The number of rotatable bonds is 5. The molecular formula is C26H26ClN3O4. The number of carbonyl (C=O) groups excluding carboxylic acids is 3. The van der Waals surface area contributed by atoms with E-state index >= 15 is 0 Å². The Morgan fingerprint density at radius 2 is 1.74 bits per heavy atom. The Balaban J connectivity index is 1.26. The van der Waals surface area contributed by atoms with E-state index in [9.17, 15) is 14.4 Å². The number of amides is 3. The van der Waals surface area contributed by atoms with E-state index in [1.54, 1.807) is 24.3 Å². The zero-order valence-corrected chi connectivity index (χ0v) is 19.5. The van der Waals surface area contributed by atoms with E-state index < -0.39 is 18.0 Å². The lowest BCUT2D eigenvalue weighted by molar-refractivity contribution is -0.136. The number of urea groups is 1. The fourth-order valence-electron chi connectivity index (χ4n) is 4.95. The van der Waals surface area contributed by atoms with E-state index in [0.717, 1.165) is 24.8 Å². The van der Waals surface area contributed by atoms with Crippen LogP contribution in [0.15, 0.2) is 65.9 Å². The highest BCUT2D eigenvalue weighted by molar-refractivity contribution is 6.30. The zero-order chi connectivity index (χ0) is 23.7. The molecule has 0 spiro atoms. The predicted molar refractivity (Wildman–Crippen MR) is 127 cm³/mol. The number of likely N-dealkylation sites (tertiary alicyclic amines) is 1. The standard InChI is InChI=1S/C26H26ClN3O4/c27-20-8-6-19(7-9-20)24-23-21(16-34-25(23)32)30(26(33)28-24)15-22(31)29-12-10-18(11-13-29)14-17-4-2-1-3-5-17/h1-9,18,24H,10-16H2,(H,28,33). The molecule has 5 rings (SSSR count). The van der Waals surface area contributed by atoms with Crippen LogP contribution in [0, 0.1) is 5.92 Å². The topological polar surface area (TPSA) is 79.0 Å². The second-order valence-corrected chi connectivity index (χ2v) is 9.41. The van der Waals surface area contributed by atoms with E-state index in [-0.39, 0.29) is 19.1 Å². The fraction of sp³-hybridized carbons (Fsp3) is 0.346. The lowest BCUT2D eigenvalue weighted by Crippen LogP contribution is -2.52. The minimum absolute atomic E-state index is 0.0158. The molecule has 1 N–H and O–H groups in total. The summed E-state index contributed by atoms with van der Waals surface area (Å²) in [6.45, 7) is 1.21. The molecule has 0 saturated carbocycles. The first-order valence-electron chi connectivity index (χ1n) is 11.5. The van der Waals surface area contributed by atoms with Crippen LogP contribution < -0.4 is 5.32 Å². The number of hydrogen-bond donors (Lipinski definition) is 1. The van der Waals surface area contributed by atoms with Crippen molar-refractivity contribution in [2.45, 2.75) is 25.3 Å². The van der Waals surface area contributed by atoms with Crippen LogP contribution in [0.2, 0.25) is 5.02 Å². The summed E-state index contributed by atoms with van der Waals surface area (Å²) in [4.78, 5) is 41.7. The summed E-state index contributed by atoms with van der Waals surface area (Å²) in [5.41, 5.74) is 2.88. The number of carbonyl (C=O) groups is 3. The molecule has 34 heavy (non-hydrogen) atoms. The van der Waals surface area contributed by atoms with Gasteiger partial charge in [0.1, 0.15) is 13.2 Å². The fourth-order valence-corrected chi connectivity index (χ4v) is 5.08. The van der Waals surface area contributed by atoms with Gasteiger partial charge in [-0.1, -0.05) is 54.1 Å². The monoisotopic (exact) mass is 479 g/mol. The summed E-state index contributed by atoms with van der Waals surface area (Å²) >= 11 is 5.98. The zero-order valence-electron chi connectivity index (χ0n) is 18.7. The molecule has 0 aromatic heterocycles. The summed E-state index contributed by atoms with van der Waals surface area (Å²) in [7, 11) is 0. The maximum Gasteiger partial charge on any atom is 0.338 e. The molecule has 2 aromatic carbocycles. The van der Waals surface area contributed by atoms with Crippen LogP contribution in [0.1, 0.15) is 30.0 Å². The second kappa shape index (κ2) is 9.50. The molecule has 1 atom stereocenters. The number of piperidine rings is 1. The molecule has 8 heteroatoms. The van der Waals surface area contributed by atoms with Gasteiger partial charge < -0.3 is 15.0 Å². The first-order chi connectivity index (χ1) is 16.5. The summed E-state index contributed by atoms with van der Waals surface area (Å²) in [6, 6.07) is 16.3. The third-order valence-corrected chi connectivity index (χ3v) is 7.08. The maximum atomic E-state index is 13.1. The summed E-state index contributed by atoms with van der Waals surface area (Å²) in [5.74, 6) is -0.0568. The van der Waals surface area contributed by atoms with E-state index in [4.69, 9.17) is 16.3 Å². The van der Waals surface area contributed by atoms with Crippen LogP contribution in [-0.2, 0) is 20.7 Å². The van der Waals surface area contributed by atoms with E-state index in [0.29, 0.717) is 35.3 Å². The average molecular weight is 480 g/mol. The van der Waals surface area contributed by atoms with E-state index in [2.05, 4.69) is 29.6 Å². The molecule has 1 saturated heterocycles. The van der Waals surface area contributed by atoms with Gasteiger partial charge in [0.2, 0.25) is 5.91 Å². The Morgan fingerprint density at radius 3 is 2.44 bits per heavy atom. The number of nitrogens with zero attached hydrogens (tertiary/aromatic N) is 2. The number of nitrogens with one attached hydrogen (secondary N) is 1. The van der Waals surface area contributed by atoms with Crippen molar-refractivity contribution >= 4 is 29.5 Å². The molecule has 7 nitrogen and oxygen atoms in total. The highest BCUT2D eigenvalue weighted by atomic mass is 35.5. The van der Waals surface area contributed by atoms with Gasteiger partial charge in [-0.2, -0.15) is 0 Å². The Hall–Kier alpha value is -3.32. The third-order valence-electron chi connectivity index (χ3n) is 6.83. The number of esters is 1. The molecule has 0 bridgehead atoms. The van der Waals surface area contributed by atoms with E-state index in [1.807, 2.05) is 11.0 Å². The normalized spacial score (nSPS) is 20.8. The van der Waals surface area contributed by atoms with Crippen molar-refractivity contribution in [1.29, 1.82) is 0 Å². The van der Waals surface area contributed by atoms with Gasteiger partial charge in [-0.25, -0.2) is 9.59 Å². The van der Waals surface area contributed by atoms with Gasteiger partial charge in [0.05, 0.1) is 17.3 Å². The van der Waals surface area contributed by atoms with Crippen molar-refractivity contribution in [2.24, 2.45) is 5.92 Å². The third kappa shape index (κ3) is 4.53. The summed E-state index contributed by atoms with van der Waals surface area (Å²) < 4.78 is 5.25. The van der Waals surface area contributed by atoms with Crippen LogP contribution in [0.5, 0.6) is 0 Å². The highest BCUT2D eigenvalue weighted by Gasteiger charge is 2.43. The first kappa shape index (κ1) is 22.5. The van der Waals surface area contributed by atoms with Crippen molar-refractivity contribution in [1.82, 2.24) is 15.1 Å². The van der Waals surface area contributed by atoms with Gasteiger partial charge in [0, 0.05) is 18.1 Å². The molecular weight excluding hydrogens is 454 g/mol. The lowest BCUT2D eigenvalue weighted by Gasteiger charge is -2.36. The summed E-state index contributed by atoms with van der Waals surface area (Å²) in [6.07, 6.45) is 2.88. The van der Waals surface area contributed by atoms with Gasteiger partial charge in [0.15, 0.2) is 0 Å². The molecule has 3 aliphatic heterocycles. The number of ether oxygens (including phenoxy) is 1. The average Bonchev–Trinajstić information content (AvgIpc) is 3.24. The molecule has 1 unspecified atom stereocenters. The molecule has 2 aromatic rings. The largest absolute Gasteiger partial charge is 0.456 e. The van der Waals surface area contributed by atoms with Crippen LogP contribution >= 0.6 is 11.6 Å². The minimum atomic E-state index is -0.630. The van der Waals surface area contributed by atoms with Crippen LogP contribution in [-0.4, -0.2) is 53.9 Å². The quantitative estimate of drug-likeness (QED) is 0.663. The first-order valence-corrected chi connectivity index (χ1v) is 11.9. The minimum Gasteiger partial charge on any atom is -0.456 e. The van der Waals surface area contributed by atoms with Crippen LogP contribution in [0.4, 0.5) is 4.79 Å². The number of cyclic esters (lactones) is 1. The van der Waals surface area contributed by atoms with Crippen molar-refractivity contribution in [3.63, 3.8) is 0 Å². The molecule has 176 valence electrons. The van der Waals surface area contributed by atoms with Gasteiger partial charge in [-0.3, -0.25) is 9.69 Å². The van der Waals surface area contributed by atoms with Crippen molar-refractivity contribution in [2.75, 3.05) is 26.2 Å². The Kier molecular flexibility index (Phi) is 6.28. The van der Waals surface area contributed by atoms with Gasteiger partial charge in [-0.05, 0) is 48.4 Å².